The van der Waals surface area contributed by atoms with E-state index in [1.165, 1.54) is 10.8 Å². The molecule has 2 heterocycles. The van der Waals surface area contributed by atoms with Crippen molar-refractivity contribution in [2.24, 2.45) is 5.11 Å². The fourth-order valence-electron chi connectivity index (χ4n) is 2.04. The summed E-state index contributed by atoms with van der Waals surface area (Å²) in [5.74, 6) is 0. The molecule has 1 fully saturated rings. The summed E-state index contributed by atoms with van der Waals surface area (Å²) in [6.45, 7) is 1.26. The first-order valence-electron chi connectivity index (χ1n) is 5.69. The number of nitrogens with one attached hydrogen (secondary N) is 1. The first kappa shape index (κ1) is 13.3. The van der Waals surface area contributed by atoms with Gasteiger partial charge in [0.05, 0.1) is 18.8 Å². The minimum atomic E-state index is -0.671. The van der Waals surface area contributed by atoms with Crippen LogP contribution < -0.4 is 11.2 Å². The van der Waals surface area contributed by atoms with E-state index in [4.69, 9.17) is 15.4 Å². The Kier molecular flexibility index (Phi) is 3.70. The van der Waals surface area contributed by atoms with Crippen molar-refractivity contribution >= 4 is 0 Å². The highest BCUT2D eigenvalue weighted by Gasteiger charge is 2.35. The monoisotopic (exact) mass is 267 g/mol. The van der Waals surface area contributed by atoms with Crippen molar-refractivity contribution in [1.82, 2.24) is 9.55 Å². The van der Waals surface area contributed by atoms with Crippen LogP contribution >= 0.6 is 0 Å². The van der Waals surface area contributed by atoms with Crippen molar-refractivity contribution < 1.29 is 9.84 Å². The Morgan fingerprint density at radius 2 is 2.42 bits per heavy atom. The number of rotatable bonds is 3. The Bertz CT molecular complexity index is 630. The Morgan fingerprint density at radius 3 is 3.05 bits per heavy atom. The molecular formula is C10H13N5O4. The quantitative estimate of drug-likeness (QED) is 0.445. The normalized spacial score (nSPS) is 26.1. The predicted molar refractivity (Wildman–Crippen MR) is 64.6 cm³/mol. The summed E-state index contributed by atoms with van der Waals surface area (Å²) >= 11 is 0. The molecular weight excluding hydrogens is 254 g/mol. The molecule has 19 heavy (non-hydrogen) atoms. The van der Waals surface area contributed by atoms with Gasteiger partial charge in [-0.15, -0.1) is 0 Å². The lowest BCUT2D eigenvalue weighted by Gasteiger charge is -2.14. The zero-order valence-corrected chi connectivity index (χ0v) is 10.2. The summed E-state index contributed by atoms with van der Waals surface area (Å²) in [6.07, 6.45) is 0.329. The van der Waals surface area contributed by atoms with E-state index < -0.39 is 29.6 Å². The summed E-state index contributed by atoms with van der Waals surface area (Å²) in [5, 5.41) is 12.7. The molecule has 1 aromatic heterocycles. The predicted octanol–water partition coefficient (Wildman–Crippen LogP) is -0.196. The summed E-state index contributed by atoms with van der Waals surface area (Å²) in [4.78, 5) is 27.8. The number of hydrogen-bond donors (Lipinski definition) is 2. The van der Waals surface area contributed by atoms with Gasteiger partial charge in [-0.25, -0.2) is 4.79 Å². The SMILES string of the molecule is Cc1cn([C@H]2CC(N=[N+]=[N-])[C@H](CO)O2)c(=O)[nH]c1=O. The number of ether oxygens (including phenoxy) is 1. The van der Waals surface area contributed by atoms with Crippen LogP contribution in [0.4, 0.5) is 0 Å². The van der Waals surface area contributed by atoms with Crippen LogP contribution in [0.3, 0.4) is 0 Å². The van der Waals surface area contributed by atoms with Crippen LogP contribution in [0.15, 0.2) is 20.9 Å². The second-order valence-electron chi connectivity index (χ2n) is 4.30. The van der Waals surface area contributed by atoms with Crippen molar-refractivity contribution in [1.29, 1.82) is 0 Å². The lowest BCUT2D eigenvalue weighted by molar-refractivity contribution is -0.0271. The van der Waals surface area contributed by atoms with Crippen molar-refractivity contribution in [2.45, 2.75) is 31.7 Å². The first-order chi connectivity index (χ1) is 9.06. The molecule has 0 bridgehead atoms. The highest BCUT2D eigenvalue weighted by Crippen LogP contribution is 2.29. The third kappa shape index (κ3) is 2.53. The van der Waals surface area contributed by atoms with Gasteiger partial charge < -0.3 is 9.84 Å². The van der Waals surface area contributed by atoms with Gasteiger partial charge in [0.1, 0.15) is 6.23 Å². The van der Waals surface area contributed by atoms with E-state index in [0.29, 0.717) is 5.56 Å². The molecule has 1 aromatic rings. The van der Waals surface area contributed by atoms with E-state index in [2.05, 4.69) is 15.0 Å². The second-order valence-corrected chi connectivity index (χ2v) is 4.30. The Labute approximate surface area is 107 Å². The summed E-state index contributed by atoms with van der Waals surface area (Å²) in [5.41, 5.74) is 7.76. The van der Waals surface area contributed by atoms with Gasteiger partial charge in [-0.3, -0.25) is 14.3 Å². The standard InChI is InChI=1S/C10H13N5O4/c1-5-3-15(10(18)12-9(5)17)8-2-6(13-14-11)7(4-16)19-8/h3,6-8,16H,2,4H2,1H3,(H,12,17,18)/t6?,7-,8+/m0/s1. The highest BCUT2D eigenvalue weighted by molar-refractivity contribution is 5.02. The number of aromatic amines is 1. The van der Waals surface area contributed by atoms with Crippen molar-refractivity contribution in [3.05, 3.63) is 43.0 Å². The summed E-state index contributed by atoms with van der Waals surface area (Å²) < 4.78 is 6.69. The van der Waals surface area contributed by atoms with Crippen molar-refractivity contribution in [2.75, 3.05) is 6.61 Å². The van der Waals surface area contributed by atoms with Gasteiger partial charge in [0.2, 0.25) is 0 Å². The largest absolute Gasteiger partial charge is 0.394 e. The minimum Gasteiger partial charge on any atom is -0.394 e. The second kappa shape index (κ2) is 5.27. The van der Waals surface area contributed by atoms with Crippen LogP contribution in [0.25, 0.3) is 10.4 Å². The van der Waals surface area contributed by atoms with E-state index in [-0.39, 0.29) is 13.0 Å². The average molecular weight is 267 g/mol. The molecule has 1 saturated heterocycles. The maximum Gasteiger partial charge on any atom is 0.330 e. The van der Waals surface area contributed by atoms with Crippen LogP contribution in [-0.4, -0.2) is 33.4 Å². The molecule has 0 aromatic carbocycles. The van der Waals surface area contributed by atoms with E-state index in [9.17, 15) is 9.59 Å². The molecule has 1 aliphatic heterocycles. The topological polar surface area (TPSA) is 133 Å². The number of aliphatic hydroxyl groups is 1. The number of hydrogen-bond acceptors (Lipinski definition) is 5. The third-order valence-corrected chi connectivity index (χ3v) is 3.04. The number of aliphatic hydroxyl groups excluding tert-OH is 1. The number of aromatic nitrogens is 2. The molecule has 0 amide bonds. The summed E-state index contributed by atoms with van der Waals surface area (Å²) in [6, 6.07) is -0.542. The maximum absolute atomic E-state index is 11.7. The molecule has 3 atom stereocenters. The number of nitrogens with zero attached hydrogens (tertiary/aromatic N) is 4. The van der Waals surface area contributed by atoms with Gasteiger partial charge in [-0.1, -0.05) is 5.11 Å². The fraction of sp³-hybridized carbons (Fsp3) is 0.600. The Hall–Kier alpha value is -2.09. The first-order valence-corrected chi connectivity index (χ1v) is 5.69. The van der Waals surface area contributed by atoms with E-state index in [1.54, 1.807) is 6.92 Å². The van der Waals surface area contributed by atoms with Gasteiger partial charge in [-0.05, 0) is 12.5 Å². The Balaban J connectivity index is 2.34. The lowest BCUT2D eigenvalue weighted by atomic mass is 10.1. The number of azide groups is 1. The minimum absolute atomic E-state index is 0.265. The number of aryl methyl sites for hydroxylation is 1. The van der Waals surface area contributed by atoms with Gasteiger partial charge in [0.25, 0.3) is 5.56 Å². The molecule has 0 saturated carbocycles. The maximum atomic E-state index is 11.7. The molecule has 2 rings (SSSR count). The number of H-pyrrole nitrogens is 1. The molecule has 2 N–H and O–H groups in total. The van der Waals surface area contributed by atoms with Gasteiger partial charge >= 0.3 is 5.69 Å². The zero-order chi connectivity index (χ0) is 14.0. The Morgan fingerprint density at radius 1 is 1.68 bits per heavy atom. The van der Waals surface area contributed by atoms with Crippen LogP contribution in [0.1, 0.15) is 18.2 Å². The molecule has 0 spiro atoms. The average Bonchev–Trinajstić information content (AvgIpc) is 2.77. The molecule has 102 valence electrons. The van der Waals surface area contributed by atoms with Gasteiger partial charge in [0.15, 0.2) is 0 Å². The van der Waals surface area contributed by atoms with Crippen LogP contribution in [0, 0.1) is 6.92 Å². The van der Waals surface area contributed by atoms with Crippen molar-refractivity contribution in [3.8, 4) is 0 Å². The van der Waals surface area contributed by atoms with E-state index in [0.717, 1.165) is 0 Å². The molecule has 0 radical (unpaired) electrons. The lowest BCUT2D eigenvalue weighted by Crippen LogP contribution is -2.33. The summed E-state index contributed by atoms with van der Waals surface area (Å²) in [7, 11) is 0. The van der Waals surface area contributed by atoms with Crippen LogP contribution in [-0.2, 0) is 4.74 Å². The van der Waals surface area contributed by atoms with Crippen LogP contribution in [0.2, 0.25) is 0 Å². The molecule has 9 nitrogen and oxygen atoms in total. The molecule has 1 unspecified atom stereocenters. The third-order valence-electron chi connectivity index (χ3n) is 3.04. The van der Waals surface area contributed by atoms with Crippen molar-refractivity contribution in [3.63, 3.8) is 0 Å². The fourth-order valence-corrected chi connectivity index (χ4v) is 2.04. The molecule has 1 aliphatic rings. The van der Waals surface area contributed by atoms with Gasteiger partial charge in [0, 0.05) is 23.1 Å². The molecule has 0 aliphatic carbocycles. The van der Waals surface area contributed by atoms with Gasteiger partial charge in [-0.2, -0.15) is 0 Å². The van der Waals surface area contributed by atoms with Crippen LogP contribution in [0.5, 0.6) is 0 Å². The van der Waals surface area contributed by atoms with E-state index in [1.807, 2.05) is 0 Å². The smallest absolute Gasteiger partial charge is 0.330 e. The zero-order valence-electron chi connectivity index (χ0n) is 10.2. The highest BCUT2D eigenvalue weighted by atomic mass is 16.5. The molecule has 9 heteroatoms. The van der Waals surface area contributed by atoms with E-state index >= 15 is 0 Å².